The largest absolute Gasteiger partial charge is 0.389 e. The van der Waals surface area contributed by atoms with Gasteiger partial charge in [0.25, 0.3) is 5.91 Å². The maximum absolute atomic E-state index is 12.9. The first-order valence-electron chi connectivity index (χ1n) is 9.33. The number of anilines is 1. The minimum Gasteiger partial charge on any atom is -0.370 e. The van der Waals surface area contributed by atoms with Crippen LogP contribution in [0.1, 0.15) is 24.0 Å². The predicted molar refractivity (Wildman–Crippen MR) is 107 cm³/mol. The van der Waals surface area contributed by atoms with Gasteiger partial charge in [-0.1, -0.05) is 48.5 Å². The molecule has 0 saturated heterocycles. The molecule has 162 valence electrons. The molecular weight excluding hydrogens is 413 g/mol. The van der Waals surface area contributed by atoms with Crippen LogP contribution < -0.4 is 16.4 Å². The predicted octanol–water partition coefficient (Wildman–Crippen LogP) is 2.36. The summed E-state index contributed by atoms with van der Waals surface area (Å²) < 4.78 is 38.6. The van der Waals surface area contributed by atoms with Gasteiger partial charge in [0.05, 0.1) is 23.7 Å². The number of alkyl halides is 3. The van der Waals surface area contributed by atoms with Gasteiger partial charge in [-0.05, 0) is 6.07 Å². The van der Waals surface area contributed by atoms with E-state index in [1.807, 2.05) is 0 Å². The van der Waals surface area contributed by atoms with Crippen LogP contribution in [0.5, 0.6) is 0 Å². The second kappa shape index (κ2) is 8.99. The summed E-state index contributed by atoms with van der Waals surface area (Å²) in [5.41, 5.74) is 7.05. The van der Waals surface area contributed by atoms with Crippen molar-refractivity contribution >= 4 is 29.1 Å². The van der Waals surface area contributed by atoms with E-state index < -0.39 is 48.8 Å². The van der Waals surface area contributed by atoms with Gasteiger partial charge in [-0.25, -0.2) is 4.99 Å². The van der Waals surface area contributed by atoms with Gasteiger partial charge in [-0.2, -0.15) is 13.2 Å². The number of hydrogen-bond acceptors (Lipinski definition) is 4. The van der Waals surface area contributed by atoms with Crippen LogP contribution in [-0.4, -0.2) is 35.8 Å². The van der Waals surface area contributed by atoms with E-state index in [0.29, 0.717) is 22.5 Å². The number of benzodiazepines with no additional fused rings is 1. The molecule has 4 N–H and O–H groups in total. The fourth-order valence-corrected chi connectivity index (χ4v) is 3.21. The van der Waals surface area contributed by atoms with Crippen LogP contribution in [0.3, 0.4) is 0 Å². The maximum Gasteiger partial charge on any atom is 0.389 e. The first kappa shape index (κ1) is 22.0. The van der Waals surface area contributed by atoms with Crippen molar-refractivity contribution in [1.82, 2.24) is 5.32 Å². The van der Waals surface area contributed by atoms with E-state index in [9.17, 15) is 27.6 Å². The average molecular weight is 432 g/mol. The van der Waals surface area contributed by atoms with Gasteiger partial charge in [-0.15, -0.1) is 0 Å². The molecule has 2 aromatic rings. The molecule has 0 aromatic heterocycles. The van der Waals surface area contributed by atoms with Gasteiger partial charge in [0.15, 0.2) is 0 Å². The molecular formula is C21H19F3N4O3. The van der Waals surface area contributed by atoms with Crippen molar-refractivity contribution in [3.63, 3.8) is 0 Å². The standard InChI is InChI=1S/C21H19F3N4O3/c22-21(23,24)11-13(10-16(25)29)19(30)28-18-20(31)26-15-9-5-4-8-14(15)17(27-18)12-6-2-1-3-7-12/h1-9,13,18H,10-11H2,(H2,25,29)(H,26,31)(H,28,30). The molecule has 10 heteroatoms. The van der Waals surface area contributed by atoms with E-state index in [1.54, 1.807) is 54.6 Å². The van der Waals surface area contributed by atoms with Crippen molar-refractivity contribution in [3.8, 4) is 0 Å². The Morgan fingerprint density at radius 3 is 2.39 bits per heavy atom. The molecule has 0 fully saturated rings. The number of amides is 3. The molecule has 0 radical (unpaired) electrons. The number of benzene rings is 2. The normalized spacial score (nSPS) is 16.9. The van der Waals surface area contributed by atoms with Crippen LogP contribution >= 0.6 is 0 Å². The zero-order valence-electron chi connectivity index (χ0n) is 16.1. The van der Waals surface area contributed by atoms with Gasteiger partial charge < -0.3 is 16.4 Å². The zero-order chi connectivity index (χ0) is 22.6. The summed E-state index contributed by atoms with van der Waals surface area (Å²) in [5, 5.41) is 4.85. The summed E-state index contributed by atoms with van der Waals surface area (Å²) in [5.74, 6) is -4.70. The maximum atomic E-state index is 12.9. The molecule has 3 rings (SSSR count). The molecule has 7 nitrogen and oxygen atoms in total. The summed E-state index contributed by atoms with van der Waals surface area (Å²) in [4.78, 5) is 40.7. The number of rotatable bonds is 6. The Kier molecular flexibility index (Phi) is 6.38. The fourth-order valence-electron chi connectivity index (χ4n) is 3.21. The topological polar surface area (TPSA) is 114 Å². The average Bonchev–Trinajstić information content (AvgIpc) is 2.83. The second-order valence-electron chi connectivity index (χ2n) is 6.98. The van der Waals surface area contributed by atoms with E-state index in [2.05, 4.69) is 15.6 Å². The van der Waals surface area contributed by atoms with Gasteiger partial charge in [0, 0.05) is 17.5 Å². The number of carbonyl (C=O) groups is 3. The third kappa shape index (κ3) is 5.68. The lowest BCUT2D eigenvalue weighted by molar-refractivity contribution is -0.156. The van der Waals surface area contributed by atoms with E-state index in [1.165, 1.54) is 0 Å². The fraction of sp³-hybridized carbons (Fsp3) is 0.238. The number of nitrogens with zero attached hydrogens (tertiary/aromatic N) is 1. The molecule has 2 aromatic carbocycles. The zero-order valence-corrected chi connectivity index (χ0v) is 16.1. The van der Waals surface area contributed by atoms with E-state index in [4.69, 9.17) is 5.73 Å². The van der Waals surface area contributed by atoms with E-state index in [-0.39, 0.29) is 0 Å². The Morgan fingerprint density at radius 1 is 1.10 bits per heavy atom. The second-order valence-corrected chi connectivity index (χ2v) is 6.98. The van der Waals surface area contributed by atoms with Crippen molar-refractivity contribution in [3.05, 3.63) is 65.7 Å². The van der Waals surface area contributed by atoms with Crippen molar-refractivity contribution < 1.29 is 27.6 Å². The van der Waals surface area contributed by atoms with E-state index >= 15 is 0 Å². The highest BCUT2D eigenvalue weighted by Gasteiger charge is 2.38. The summed E-state index contributed by atoms with van der Waals surface area (Å²) in [6.07, 6.45) is -8.56. The van der Waals surface area contributed by atoms with Crippen molar-refractivity contribution in [2.24, 2.45) is 16.6 Å². The molecule has 0 spiro atoms. The van der Waals surface area contributed by atoms with Crippen molar-refractivity contribution in [1.29, 1.82) is 0 Å². The number of nitrogens with one attached hydrogen (secondary N) is 2. The summed E-state index contributed by atoms with van der Waals surface area (Å²) >= 11 is 0. The lowest BCUT2D eigenvalue weighted by Crippen LogP contribution is -2.46. The highest BCUT2D eigenvalue weighted by atomic mass is 19.4. The minimum atomic E-state index is -4.70. The number of fused-ring (bicyclic) bond motifs is 1. The molecule has 2 unspecified atom stereocenters. The van der Waals surface area contributed by atoms with Crippen molar-refractivity contribution in [2.75, 3.05) is 5.32 Å². The first-order valence-corrected chi connectivity index (χ1v) is 9.33. The van der Waals surface area contributed by atoms with Crippen molar-refractivity contribution in [2.45, 2.75) is 25.2 Å². The Morgan fingerprint density at radius 2 is 1.74 bits per heavy atom. The quantitative estimate of drug-likeness (QED) is 0.651. The molecule has 0 saturated carbocycles. The van der Waals surface area contributed by atoms with Crippen LogP contribution in [0.15, 0.2) is 59.6 Å². The number of halogens is 3. The van der Waals surface area contributed by atoms with Crippen LogP contribution in [0.2, 0.25) is 0 Å². The Hall–Kier alpha value is -3.69. The Bertz CT molecular complexity index is 1020. The molecule has 0 aliphatic carbocycles. The van der Waals surface area contributed by atoms with Gasteiger partial charge in [-0.3, -0.25) is 14.4 Å². The first-order chi connectivity index (χ1) is 14.6. The number of aliphatic imine (C=N–C) groups is 1. The summed E-state index contributed by atoms with van der Waals surface area (Å²) in [6, 6.07) is 15.7. The molecule has 2 atom stereocenters. The Balaban J connectivity index is 1.95. The molecule has 1 heterocycles. The van der Waals surface area contributed by atoms with Crippen LogP contribution in [-0.2, 0) is 14.4 Å². The lowest BCUT2D eigenvalue weighted by atomic mass is 9.99. The summed E-state index contributed by atoms with van der Waals surface area (Å²) in [7, 11) is 0. The van der Waals surface area contributed by atoms with Crippen LogP contribution in [0.4, 0.5) is 18.9 Å². The smallest absolute Gasteiger partial charge is 0.370 e. The van der Waals surface area contributed by atoms with E-state index in [0.717, 1.165) is 0 Å². The van der Waals surface area contributed by atoms with Gasteiger partial charge in [0.1, 0.15) is 0 Å². The molecule has 31 heavy (non-hydrogen) atoms. The highest BCUT2D eigenvalue weighted by molar-refractivity contribution is 6.19. The third-order valence-corrected chi connectivity index (χ3v) is 4.57. The van der Waals surface area contributed by atoms with Crippen LogP contribution in [0.25, 0.3) is 0 Å². The number of para-hydroxylation sites is 1. The Labute approximate surface area is 175 Å². The molecule has 3 amide bonds. The number of nitrogens with two attached hydrogens (primary N) is 1. The van der Waals surface area contributed by atoms with Crippen LogP contribution in [0, 0.1) is 5.92 Å². The number of hydrogen-bond donors (Lipinski definition) is 3. The summed E-state index contributed by atoms with van der Waals surface area (Å²) in [6.45, 7) is 0. The van der Waals surface area contributed by atoms with Gasteiger partial charge in [0.2, 0.25) is 18.0 Å². The number of carbonyl (C=O) groups excluding carboxylic acids is 3. The minimum absolute atomic E-state index is 0.377. The monoisotopic (exact) mass is 432 g/mol. The third-order valence-electron chi connectivity index (χ3n) is 4.57. The van der Waals surface area contributed by atoms with Gasteiger partial charge >= 0.3 is 6.18 Å². The molecule has 0 bridgehead atoms. The lowest BCUT2D eigenvalue weighted by Gasteiger charge is -2.20. The molecule has 1 aliphatic rings. The molecule has 1 aliphatic heterocycles. The highest BCUT2D eigenvalue weighted by Crippen LogP contribution is 2.28. The SMILES string of the molecule is NC(=O)CC(CC(F)(F)F)C(=O)NC1N=C(c2ccccc2)c2ccccc2NC1=O. The number of primary amides is 1.